The molecule has 0 aliphatic heterocycles. The molecule has 0 spiro atoms. The number of aliphatic carboxylic acids is 1. The minimum atomic E-state index is -1.29. The van der Waals surface area contributed by atoms with Crippen LogP contribution in [0.15, 0.2) is 6.07 Å². The Kier molecular flexibility index (Phi) is 4.85. The summed E-state index contributed by atoms with van der Waals surface area (Å²) in [7, 11) is 1.25. The molecule has 98 valence electrons. The van der Waals surface area contributed by atoms with Gasteiger partial charge in [0.2, 0.25) is 5.91 Å². The number of ether oxygens (including phenoxy) is 1. The Morgan fingerprint density at radius 2 is 2.06 bits per heavy atom. The second kappa shape index (κ2) is 6.15. The number of esters is 1. The van der Waals surface area contributed by atoms with Gasteiger partial charge in [0, 0.05) is 17.3 Å². The Labute approximate surface area is 108 Å². The minimum Gasteiger partial charge on any atom is -0.550 e. The Bertz CT molecular complexity index is 480. The largest absolute Gasteiger partial charge is 0.550 e. The van der Waals surface area contributed by atoms with Gasteiger partial charge < -0.3 is 20.0 Å². The fourth-order valence-electron chi connectivity index (χ4n) is 1.27. The van der Waals surface area contributed by atoms with E-state index in [4.69, 9.17) is 0 Å². The quantitative estimate of drug-likeness (QED) is 0.777. The summed E-state index contributed by atoms with van der Waals surface area (Å²) < 4.78 is 4.58. The van der Waals surface area contributed by atoms with Crippen LogP contribution in [0.3, 0.4) is 0 Å². The van der Waals surface area contributed by atoms with E-state index in [0.29, 0.717) is 5.00 Å². The summed E-state index contributed by atoms with van der Waals surface area (Å²) in [5, 5.41) is 13.1. The van der Waals surface area contributed by atoms with Crippen molar-refractivity contribution >= 4 is 34.2 Å². The zero-order valence-corrected chi connectivity index (χ0v) is 10.8. The van der Waals surface area contributed by atoms with Gasteiger partial charge in [0.15, 0.2) is 0 Å². The smallest absolute Gasteiger partial charge is 0.340 e. The van der Waals surface area contributed by atoms with Gasteiger partial charge in [0.25, 0.3) is 0 Å². The highest BCUT2D eigenvalue weighted by atomic mass is 32.1. The van der Waals surface area contributed by atoms with Crippen molar-refractivity contribution in [2.75, 3.05) is 12.4 Å². The maximum Gasteiger partial charge on any atom is 0.340 e. The molecule has 1 rings (SSSR count). The van der Waals surface area contributed by atoms with Crippen LogP contribution in [-0.4, -0.2) is 25.0 Å². The highest BCUT2D eigenvalue weighted by Crippen LogP contribution is 2.28. The standard InChI is InChI=1S/C11H13NO5S/c1-6-5-7(11(16)17-2)10(18-6)12-8(13)3-4-9(14)15/h5H,3-4H2,1-2H3,(H,12,13)(H,14,15)/p-1. The van der Waals surface area contributed by atoms with E-state index in [0.717, 1.165) is 4.88 Å². The van der Waals surface area contributed by atoms with Gasteiger partial charge in [0.1, 0.15) is 5.00 Å². The average Bonchev–Trinajstić information content (AvgIpc) is 2.66. The molecule has 0 unspecified atom stereocenters. The van der Waals surface area contributed by atoms with E-state index in [1.165, 1.54) is 18.4 Å². The summed E-state index contributed by atoms with van der Waals surface area (Å²) in [6.45, 7) is 1.79. The van der Waals surface area contributed by atoms with Gasteiger partial charge in [-0.25, -0.2) is 4.79 Å². The van der Waals surface area contributed by atoms with E-state index in [2.05, 4.69) is 10.1 Å². The number of carboxylic acid groups (broad SMARTS) is 1. The molecule has 0 radical (unpaired) electrons. The molecule has 0 saturated heterocycles. The predicted molar refractivity (Wildman–Crippen MR) is 63.3 cm³/mol. The molecule has 0 aromatic carbocycles. The second-order valence-corrected chi connectivity index (χ2v) is 4.77. The number of nitrogens with one attached hydrogen (secondary N) is 1. The molecule has 0 saturated carbocycles. The van der Waals surface area contributed by atoms with Gasteiger partial charge in [-0.3, -0.25) is 4.79 Å². The lowest BCUT2D eigenvalue weighted by atomic mass is 10.2. The number of hydrogen-bond donors (Lipinski definition) is 1. The normalized spacial score (nSPS) is 9.89. The fourth-order valence-corrected chi connectivity index (χ4v) is 2.19. The maximum atomic E-state index is 11.4. The summed E-state index contributed by atoms with van der Waals surface area (Å²) in [4.78, 5) is 33.9. The van der Waals surface area contributed by atoms with Crippen molar-refractivity contribution in [3.63, 3.8) is 0 Å². The van der Waals surface area contributed by atoms with Crippen molar-refractivity contribution in [3.05, 3.63) is 16.5 Å². The van der Waals surface area contributed by atoms with Crippen LogP contribution in [0.5, 0.6) is 0 Å². The first kappa shape index (κ1) is 14.2. The minimum absolute atomic E-state index is 0.195. The van der Waals surface area contributed by atoms with Crippen molar-refractivity contribution in [1.82, 2.24) is 0 Å². The predicted octanol–water partition coefficient (Wildman–Crippen LogP) is 0.312. The van der Waals surface area contributed by atoms with Crippen molar-refractivity contribution < 1.29 is 24.2 Å². The van der Waals surface area contributed by atoms with Gasteiger partial charge in [-0.05, 0) is 19.4 Å². The number of carbonyl (C=O) groups excluding carboxylic acids is 3. The number of thiophene rings is 1. The van der Waals surface area contributed by atoms with E-state index in [-0.39, 0.29) is 18.4 Å². The van der Waals surface area contributed by atoms with E-state index < -0.39 is 17.8 Å². The third kappa shape index (κ3) is 3.85. The summed E-state index contributed by atoms with van der Waals surface area (Å²) in [5.74, 6) is -2.32. The molecule has 1 aromatic heterocycles. The third-order valence-corrected chi connectivity index (χ3v) is 3.04. The number of hydrogen-bond acceptors (Lipinski definition) is 6. The Morgan fingerprint density at radius 3 is 2.61 bits per heavy atom. The number of aryl methyl sites for hydroxylation is 1. The molecule has 0 fully saturated rings. The number of carboxylic acids is 1. The number of methoxy groups -OCH3 is 1. The molecule has 1 aromatic rings. The van der Waals surface area contributed by atoms with Gasteiger partial charge in [-0.1, -0.05) is 0 Å². The van der Waals surface area contributed by atoms with Gasteiger partial charge in [-0.2, -0.15) is 0 Å². The van der Waals surface area contributed by atoms with Gasteiger partial charge in [0.05, 0.1) is 12.7 Å². The van der Waals surface area contributed by atoms with E-state index in [1.807, 2.05) is 0 Å². The summed E-state index contributed by atoms with van der Waals surface area (Å²) in [6.07, 6.45) is -0.552. The third-order valence-electron chi connectivity index (χ3n) is 2.07. The number of rotatable bonds is 5. The van der Waals surface area contributed by atoms with Crippen LogP contribution in [0, 0.1) is 6.92 Å². The number of amides is 1. The first-order valence-electron chi connectivity index (χ1n) is 5.12. The van der Waals surface area contributed by atoms with Crippen LogP contribution in [0.25, 0.3) is 0 Å². The van der Waals surface area contributed by atoms with Gasteiger partial charge in [-0.15, -0.1) is 11.3 Å². The van der Waals surface area contributed by atoms with Crippen LogP contribution < -0.4 is 10.4 Å². The van der Waals surface area contributed by atoms with Crippen molar-refractivity contribution in [2.45, 2.75) is 19.8 Å². The molecule has 1 heterocycles. The van der Waals surface area contributed by atoms with Crippen LogP contribution in [0.1, 0.15) is 28.1 Å². The maximum absolute atomic E-state index is 11.4. The second-order valence-electron chi connectivity index (χ2n) is 3.51. The summed E-state index contributed by atoms with van der Waals surface area (Å²) in [6, 6.07) is 1.60. The average molecular weight is 270 g/mol. The van der Waals surface area contributed by atoms with E-state index >= 15 is 0 Å². The van der Waals surface area contributed by atoms with Crippen LogP contribution in [0.2, 0.25) is 0 Å². The van der Waals surface area contributed by atoms with Crippen molar-refractivity contribution in [1.29, 1.82) is 0 Å². The van der Waals surface area contributed by atoms with E-state index in [9.17, 15) is 19.5 Å². The molecular weight excluding hydrogens is 258 g/mol. The molecule has 1 N–H and O–H groups in total. The van der Waals surface area contributed by atoms with Crippen molar-refractivity contribution in [2.24, 2.45) is 0 Å². The lowest BCUT2D eigenvalue weighted by molar-refractivity contribution is -0.305. The Morgan fingerprint density at radius 1 is 1.39 bits per heavy atom. The first-order valence-corrected chi connectivity index (χ1v) is 5.94. The van der Waals surface area contributed by atoms with E-state index in [1.54, 1.807) is 13.0 Å². The zero-order chi connectivity index (χ0) is 13.7. The molecule has 1 amide bonds. The first-order chi connectivity index (χ1) is 8.43. The monoisotopic (exact) mass is 270 g/mol. The SMILES string of the molecule is COC(=O)c1cc(C)sc1NC(=O)CCC(=O)[O-]. The van der Waals surface area contributed by atoms with Crippen LogP contribution >= 0.6 is 11.3 Å². The van der Waals surface area contributed by atoms with Crippen LogP contribution in [0.4, 0.5) is 5.00 Å². The summed E-state index contributed by atoms with van der Waals surface area (Å²) in [5.41, 5.74) is 0.266. The Balaban J connectivity index is 2.74. The Hall–Kier alpha value is -1.89. The van der Waals surface area contributed by atoms with Crippen molar-refractivity contribution in [3.8, 4) is 0 Å². The fraction of sp³-hybridized carbons (Fsp3) is 0.364. The zero-order valence-electron chi connectivity index (χ0n) is 9.94. The topological polar surface area (TPSA) is 95.5 Å². The van der Waals surface area contributed by atoms with Crippen LogP contribution in [-0.2, 0) is 14.3 Å². The highest BCUT2D eigenvalue weighted by Gasteiger charge is 2.17. The molecule has 6 nitrogen and oxygen atoms in total. The number of carbonyl (C=O) groups is 3. The molecule has 0 aliphatic rings. The highest BCUT2D eigenvalue weighted by molar-refractivity contribution is 7.16. The molecule has 7 heteroatoms. The molecule has 18 heavy (non-hydrogen) atoms. The molecule has 0 atom stereocenters. The van der Waals surface area contributed by atoms with Gasteiger partial charge >= 0.3 is 5.97 Å². The molecule has 0 aliphatic carbocycles. The summed E-state index contributed by atoms with van der Waals surface area (Å²) >= 11 is 1.22. The molecular formula is C11H12NO5S-. The molecule has 0 bridgehead atoms. The number of anilines is 1. The lowest BCUT2D eigenvalue weighted by Crippen LogP contribution is -2.24. The lowest BCUT2D eigenvalue weighted by Gasteiger charge is -2.05.